The molecule has 1 aromatic rings. The molecular formula is C15H21NO5. The zero-order valence-corrected chi connectivity index (χ0v) is 12.6. The summed E-state index contributed by atoms with van der Waals surface area (Å²) in [6, 6.07) is 0.864. The molecule has 1 aliphatic rings. The van der Waals surface area contributed by atoms with E-state index in [2.05, 4.69) is 0 Å². The number of carbonyl (C=O) groups excluding carboxylic acids is 1. The van der Waals surface area contributed by atoms with Crippen molar-refractivity contribution in [2.75, 3.05) is 13.7 Å². The maximum Gasteiger partial charge on any atom is 0.326 e. The van der Waals surface area contributed by atoms with Gasteiger partial charge in [0.05, 0.1) is 6.10 Å². The van der Waals surface area contributed by atoms with Crippen LogP contribution in [0.25, 0.3) is 0 Å². The quantitative estimate of drug-likeness (QED) is 0.894. The van der Waals surface area contributed by atoms with E-state index >= 15 is 0 Å². The number of likely N-dealkylation sites (tertiary alicyclic amines) is 1. The van der Waals surface area contributed by atoms with E-state index in [1.54, 1.807) is 6.07 Å². The van der Waals surface area contributed by atoms with Gasteiger partial charge in [0.1, 0.15) is 11.8 Å². The normalized spacial score (nSPS) is 21.8. The molecule has 1 aromatic heterocycles. The van der Waals surface area contributed by atoms with E-state index in [0.717, 1.165) is 17.7 Å². The highest BCUT2D eigenvalue weighted by molar-refractivity contribution is 5.95. The van der Waals surface area contributed by atoms with E-state index < -0.39 is 12.0 Å². The van der Waals surface area contributed by atoms with E-state index in [1.807, 2.05) is 13.8 Å². The SMILES string of the molecule is CCc1cc(C(=O)N2CC(OC)CC2C(=O)O)oc1CC. The van der Waals surface area contributed by atoms with Crippen molar-refractivity contribution in [2.24, 2.45) is 0 Å². The number of aryl methyl sites for hydroxylation is 2. The number of ether oxygens (including phenoxy) is 1. The van der Waals surface area contributed by atoms with Gasteiger partial charge in [-0.3, -0.25) is 4.79 Å². The monoisotopic (exact) mass is 295 g/mol. The van der Waals surface area contributed by atoms with Crippen molar-refractivity contribution in [3.8, 4) is 0 Å². The summed E-state index contributed by atoms with van der Waals surface area (Å²) < 4.78 is 10.8. The molecule has 2 unspecified atom stereocenters. The summed E-state index contributed by atoms with van der Waals surface area (Å²) >= 11 is 0. The first-order valence-corrected chi connectivity index (χ1v) is 7.19. The third-order valence-corrected chi connectivity index (χ3v) is 3.95. The summed E-state index contributed by atoms with van der Waals surface area (Å²) in [5.41, 5.74) is 0.996. The highest BCUT2D eigenvalue weighted by Gasteiger charge is 2.41. The molecule has 1 N–H and O–H groups in total. The first-order valence-electron chi connectivity index (χ1n) is 7.19. The van der Waals surface area contributed by atoms with Crippen LogP contribution < -0.4 is 0 Å². The van der Waals surface area contributed by atoms with Crippen molar-refractivity contribution < 1.29 is 23.8 Å². The van der Waals surface area contributed by atoms with Crippen LogP contribution in [0.5, 0.6) is 0 Å². The van der Waals surface area contributed by atoms with Crippen molar-refractivity contribution in [1.29, 1.82) is 0 Å². The van der Waals surface area contributed by atoms with E-state index in [0.29, 0.717) is 12.8 Å². The van der Waals surface area contributed by atoms with Crippen LogP contribution in [0, 0.1) is 0 Å². The molecule has 0 radical (unpaired) electrons. The molecule has 6 nitrogen and oxygen atoms in total. The fourth-order valence-electron chi connectivity index (χ4n) is 2.74. The fraction of sp³-hybridized carbons (Fsp3) is 0.600. The molecule has 0 aromatic carbocycles. The number of carboxylic acid groups (broad SMARTS) is 1. The molecular weight excluding hydrogens is 274 g/mol. The lowest BCUT2D eigenvalue weighted by Gasteiger charge is -2.19. The van der Waals surface area contributed by atoms with Crippen LogP contribution in [0.4, 0.5) is 0 Å². The Morgan fingerprint density at radius 1 is 1.43 bits per heavy atom. The van der Waals surface area contributed by atoms with Gasteiger partial charge in [-0.05, 0) is 18.1 Å². The van der Waals surface area contributed by atoms with E-state index in [9.17, 15) is 14.7 Å². The summed E-state index contributed by atoms with van der Waals surface area (Å²) in [4.78, 5) is 25.2. The lowest BCUT2D eigenvalue weighted by molar-refractivity contribution is -0.141. The van der Waals surface area contributed by atoms with Crippen LogP contribution in [0.3, 0.4) is 0 Å². The predicted octanol–water partition coefficient (Wildman–Crippen LogP) is 1.72. The molecule has 0 bridgehead atoms. The molecule has 2 rings (SSSR count). The first kappa shape index (κ1) is 15.6. The minimum absolute atomic E-state index is 0.215. The Hall–Kier alpha value is -1.82. The third-order valence-electron chi connectivity index (χ3n) is 3.95. The topological polar surface area (TPSA) is 80.0 Å². The van der Waals surface area contributed by atoms with Crippen LogP contribution in [0.15, 0.2) is 10.5 Å². The van der Waals surface area contributed by atoms with Crippen LogP contribution in [-0.2, 0) is 22.4 Å². The molecule has 0 aliphatic carbocycles. The number of methoxy groups -OCH3 is 1. The van der Waals surface area contributed by atoms with Crippen molar-refractivity contribution in [3.05, 3.63) is 23.2 Å². The lowest BCUT2D eigenvalue weighted by Crippen LogP contribution is -2.40. The van der Waals surface area contributed by atoms with Gasteiger partial charge in [0.15, 0.2) is 5.76 Å². The summed E-state index contributed by atoms with van der Waals surface area (Å²) in [5, 5.41) is 9.26. The molecule has 1 fully saturated rings. The summed E-state index contributed by atoms with van der Waals surface area (Å²) in [5.74, 6) is -0.390. The molecule has 6 heteroatoms. The minimum atomic E-state index is -1.01. The van der Waals surface area contributed by atoms with Gasteiger partial charge in [-0.1, -0.05) is 13.8 Å². The highest BCUT2D eigenvalue weighted by atomic mass is 16.5. The summed E-state index contributed by atoms with van der Waals surface area (Å²) in [6.45, 7) is 4.23. The number of amides is 1. The van der Waals surface area contributed by atoms with Gasteiger partial charge >= 0.3 is 5.97 Å². The average Bonchev–Trinajstić information content (AvgIpc) is 3.09. The average molecular weight is 295 g/mol. The number of nitrogens with zero attached hydrogens (tertiary/aromatic N) is 1. The van der Waals surface area contributed by atoms with E-state index in [1.165, 1.54) is 12.0 Å². The van der Waals surface area contributed by atoms with Crippen LogP contribution in [-0.4, -0.2) is 47.7 Å². The third kappa shape index (κ3) is 2.95. The van der Waals surface area contributed by atoms with Gasteiger partial charge in [-0.25, -0.2) is 4.79 Å². The van der Waals surface area contributed by atoms with Crippen molar-refractivity contribution >= 4 is 11.9 Å². The molecule has 0 saturated carbocycles. The smallest absolute Gasteiger partial charge is 0.326 e. The van der Waals surface area contributed by atoms with Gasteiger partial charge in [-0.15, -0.1) is 0 Å². The van der Waals surface area contributed by atoms with Gasteiger partial charge in [0.2, 0.25) is 0 Å². The second kappa shape index (κ2) is 6.30. The number of furan rings is 1. The van der Waals surface area contributed by atoms with Crippen LogP contribution in [0.1, 0.15) is 42.1 Å². The summed E-state index contributed by atoms with van der Waals surface area (Å²) in [6.07, 6.45) is 1.54. The van der Waals surface area contributed by atoms with Crippen molar-refractivity contribution in [2.45, 2.75) is 45.3 Å². The Morgan fingerprint density at radius 2 is 2.14 bits per heavy atom. The zero-order valence-electron chi connectivity index (χ0n) is 12.6. The Kier molecular flexibility index (Phi) is 4.67. The Labute approximate surface area is 123 Å². The fourth-order valence-corrected chi connectivity index (χ4v) is 2.74. The van der Waals surface area contributed by atoms with E-state index in [4.69, 9.17) is 9.15 Å². The number of hydrogen-bond acceptors (Lipinski definition) is 4. The van der Waals surface area contributed by atoms with Crippen LogP contribution >= 0.6 is 0 Å². The Bertz CT molecular complexity index is 515. The molecule has 0 spiro atoms. The minimum Gasteiger partial charge on any atom is -0.480 e. The number of aliphatic carboxylic acids is 1. The maximum atomic E-state index is 12.5. The van der Waals surface area contributed by atoms with E-state index in [-0.39, 0.29) is 24.3 Å². The second-order valence-corrected chi connectivity index (χ2v) is 5.17. The largest absolute Gasteiger partial charge is 0.480 e. The number of rotatable bonds is 5. The second-order valence-electron chi connectivity index (χ2n) is 5.17. The number of carbonyl (C=O) groups is 2. The molecule has 1 saturated heterocycles. The molecule has 1 amide bonds. The van der Waals surface area contributed by atoms with Gasteiger partial charge in [-0.2, -0.15) is 0 Å². The van der Waals surface area contributed by atoms with Crippen LogP contribution in [0.2, 0.25) is 0 Å². The molecule has 116 valence electrons. The molecule has 1 aliphatic heterocycles. The van der Waals surface area contributed by atoms with Gasteiger partial charge in [0.25, 0.3) is 5.91 Å². The molecule has 21 heavy (non-hydrogen) atoms. The molecule has 2 atom stereocenters. The predicted molar refractivity (Wildman–Crippen MR) is 75.3 cm³/mol. The van der Waals surface area contributed by atoms with Gasteiger partial charge in [0, 0.05) is 26.5 Å². The number of carboxylic acids is 1. The van der Waals surface area contributed by atoms with Crippen molar-refractivity contribution in [1.82, 2.24) is 4.90 Å². The Morgan fingerprint density at radius 3 is 2.62 bits per heavy atom. The van der Waals surface area contributed by atoms with Gasteiger partial charge < -0.3 is 19.2 Å². The zero-order chi connectivity index (χ0) is 15.6. The lowest BCUT2D eigenvalue weighted by atomic mass is 10.1. The standard InChI is InChI=1S/C15H21NO5/c1-4-9-6-13(21-12(9)5-2)14(17)16-8-10(20-3)7-11(16)15(18)19/h6,10-11H,4-5,7-8H2,1-3H3,(H,18,19). The highest BCUT2D eigenvalue weighted by Crippen LogP contribution is 2.25. The summed E-state index contributed by atoms with van der Waals surface area (Å²) in [7, 11) is 1.52. The van der Waals surface area contributed by atoms with Crippen molar-refractivity contribution in [3.63, 3.8) is 0 Å². The Balaban J connectivity index is 2.25. The maximum absolute atomic E-state index is 12.5. The first-order chi connectivity index (χ1) is 10.0. The number of hydrogen-bond donors (Lipinski definition) is 1. The molecule has 2 heterocycles.